The van der Waals surface area contributed by atoms with Crippen molar-refractivity contribution in [2.75, 3.05) is 0 Å². The zero-order valence-corrected chi connectivity index (χ0v) is 19.3. The van der Waals surface area contributed by atoms with Gasteiger partial charge in [-0.15, -0.1) is 0 Å². The van der Waals surface area contributed by atoms with Crippen LogP contribution in [0.25, 0.3) is 21.9 Å². The molecule has 1 aliphatic carbocycles. The lowest BCUT2D eigenvalue weighted by Crippen LogP contribution is -2.15. The molecule has 0 nitrogen and oxygen atoms in total. The Balaban J connectivity index is 1.41. The molecule has 3 aromatic rings. The minimum atomic E-state index is -1.55. The molecule has 1 saturated carbocycles. The van der Waals surface area contributed by atoms with E-state index in [0.717, 1.165) is 42.2 Å². The first kappa shape index (κ1) is 23.8. The molecule has 0 aliphatic heterocycles. The van der Waals surface area contributed by atoms with Crippen LogP contribution in [0.3, 0.4) is 0 Å². The molecular formula is C29H32F4. The predicted octanol–water partition coefficient (Wildman–Crippen LogP) is 9.38. The fourth-order valence-electron chi connectivity index (χ4n) is 5.29. The average Bonchev–Trinajstić information content (AvgIpc) is 2.82. The summed E-state index contributed by atoms with van der Waals surface area (Å²) in [7, 11) is 0. The zero-order valence-electron chi connectivity index (χ0n) is 19.3. The number of halogens is 4. The van der Waals surface area contributed by atoms with E-state index in [0.29, 0.717) is 5.39 Å². The lowest BCUT2D eigenvalue weighted by molar-refractivity contribution is 0.249. The molecule has 0 heterocycles. The van der Waals surface area contributed by atoms with Crippen molar-refractivity contribution in [1.29, 1.82) is 0 Å². The van der Waals surface area contributed by atoms with Crippen molar-refractivity contribution in [2.24, 2.45) is 11.8 Å². The molecule has 0 bridgehead atoms. The molecule has 176 valence electrons. The van der Waals surface area contributed by atoms with E-state index in [9.17, 15) is 13.2 Å². The Labute approximate surface area is 194 Å². The number of hydrogen-bond acceptors (Lipinski definition) is 0. The summed E-state index contributed by atoms with van der Waals surface area (Å²) < 4.78 is 55.6. The first-order valence-corrected chi connectivity index (χ1v) is 12.3. The monoisotopic (exact) mass is 456 g/mol. The summed E-state index contributed by atoms with van der Waals surface area (Å²) in [6.45, 7) is 2.25. The van der Waals surface area contributed by atoms with Crippen LogP contribution in [-0.2, 0) is 6.42 Å². The van der Waals surface area contributed by atoms with Crippen LogP contribution in [0.2, 0.25) is 0 Å². The summed E-state index contributed by atoms with van der Waals surface area (Å²) in [6, 6.07) is 10.6. The van der Waals surface area contributed by atoms with Gasteiger partial charge in [-0.1, -0.05) is 88.6 Å². The molecule has 1 fully saturated rings. The second-order valence-electron chi connectivity index (χ2n) is 9.66. The molecule has 0 spiro atoms. The van der Waals surface area contributed by atoms with E-state index in [2.05, 4.69) is 6.92 Å². The van der Waals surface area contributed by atoms with Crippen LogP contribution in [0, 0.1) is 35.1 Å². The van der Waals surface area contributed by atoms with Crippen molar-refractivity contribution in [2.45, 2.75) is 71.1 Å². The Morgan fingerprint density at radius 2 is 1.39 bits per heavy atom. The van der Waals surface area contributed by atoms with Crippen LogP contribution in [0.4, 0.5) is 17.6 Å². The van der Waals surface area contributed by atoms with Gasteiger partial charge in [0.1, 0.15) is 5.82 Å². The van der Waals surface area contributed by atoms with Gasteiger partial charge in [-0.25, -0.2) is 17.6 Å². The molecule has 33 heavy (non-hydrogen) atoms. The van der Waals surface area contributed by atoms with Crippen molar-refractivity contribution in [3.63, 3.8) is 0 Å². The minimum Gasteiger partial charge on any atom is -0.206 e. The summed E-state index contributed by atoms with van der Waals surface area (Å²) in [5, 5.41) is 1.16. The molecule has 4 rings (SSSR count). The van der Waals surface area contributed by atoms with Gasteiger partial charge in [0, 0.05) is 10.9 Å². The topological polar surface area (TPSA) is 0 Å². The molecule has 3 aromatic carbocycles. The maximum Gasteiger partial charge on any atom is 0.194 e. The molecule has 0 saturated heterocycles. The van der Waals surface area contributed by atoms with Gasteiger partial charge < -0.3 is 0 Å². The molecule has 0 N–H and O–H groups in total. The third kappa shape index (κ3) is 5.59. The summed E-state index contributed by atoms with van der Waals surface area (Å²) >= 11 is 0. The first-order chi connectivity index (χ1) is 16.0. The SMILES string of the molecule is CCCCCC1CCC(CCc2ccc3c(F)c(-c4cc(F)c(F)c(F)c4)ccc3c2)CC1. The highest BCUT2D eigenvalue weighted by atomic mass is 19.2. The number of fused-ring (bicyclic) bond motifs is 1. The maximum absolute atomic E-state index is 15.1. The highest BCUT2D eigenvalue weighted by Gasteiger charge is 2.21. The number of benzene rings is 3. The van der Waals surface area contributed by atoms with Crippen molar-refractivity contribution in [3.05, 3.63) is 71.3 Å². The molecule has 1 aliphatic rings. The second-order valence-corrected chi connectivity index (χ2v) is 9.66. The van der Waals surface area contributed by atoms with Crippen molar-refractivity contribution in [3.8, 4) is 11.1 Å². The summed E-state index contributed by atoms with van der Waals surface area (Å²) in [4.78, 5) is 0. The van der Waals surface area contributed by atoms with Gasteiger partial charge in [-0.3, -0.25) is 0 Å². The van der Waals surface area contributed by atoms with Crippen LogP contribution in [-0.4, -0.2) is 0 Å². The Morgan fingerprint density at radius 3 is 2.06 bits per heavy atom. The highest BCUT2D eigenvalue weighted by molar-refractivity contribution is 5.88. The summed E-state index contributed by atoms with van der Waals surface area (Å²) in [5.74, 6) is -3.07. The minimum absolute atomic E-state index is 0.0137. The van der Waals surface area contributed by atoms with E-state index >= 15 is 4.39 Å². The number of hydrogen-bond donors (Lipinski definition) is 0. The molecular weight excluding hydrogens is 424 g/mol. The van der Waals surface area contributed by atoms with Gasteiger partial charge in [0.2, 0.25) is 0 Å². The highest BCUT2D eigenvalue weighted by Crippen LogP contribution is 2.35. The first-order valence-electron chi connectivity index (χ1n) is 12.3. The summed E-state index contributed by atoms with van der Waals surface area (Å²) in [6.07, 6.45) is 12.8. The fraction of sp³-hybridized carbons (Fsp3) is 0.448. The second kappa shape index (κ2) is 10.7. The van der Waals surface area contributed by atoms with E-state index < -0.39 is 23.3 Å². The van der Waals surface area contributed by atoms with Crippen molar-refractivity contribution < 1.29 is 17.6 Å². The van der Waals surface area contributed by atoms with E-state index in [4.69, 9.17) is 0 Å². The molecule has 0 radical (unpaired) electrons. The van der Waals surface area contributed by atoms with Gasteiger partial charge in [-0.05, 0) is 53.3 Å². The average molecular weight is 457 g/mol. The largest absolute Gasteiger partial charge is 0.206 e. The molecule has 0 amide bonds. The Bertz CT molecular complexity index is 1070. The Hall–Kier alpha value is -2.36. The van der Waals surface area contributed by atoms with Crippen molar-refractivity contribution >= 4 is 10.8 Å². The van der Waals surface area contributed by atoms with Crippen LogP contribution >= 0.6 is 0 Å². The van der Waals surface area contributed by atoms with Crippen LogP contribution in [0.15, 0.2) is 42.5 Å². The van der Waals surface area contributed by atoms with Crippen LogP contribution < -0.4 is 0 Å². The number of aryl methyl sites for hydroxylation is 1. The smallest absolute Gasteiger partial charge is 0.194 e. The quantitative estimate of drug-likeness (QED) is 0.180. The molecule has 0 aromatic heterocycles. The van der Waals surface area contributed by atoms with E-state index in [-0.39, 0.29) is 11.1 Å². The van der Waals surface area contributed by atoms with Gasteiger partial charge in [0.05, 0.1) is 0 Å². The fourth-order valence-corrected chi connectivity index (χ4v) is 5.29. The Morgan fingerprint density at radius 1 is 0.727 bits per heavy atom. The molecule has 4 heteroatoms. The van der Waals surface area contributed by atoms with Crippen LogP contribution in [0.5, 0.6) is 0 Å². The number of unbranched alkanes of at least 4 members (excludes halogenated alkanes) is 2. The standard InChI is InChI=1S/C29H32F4/c1-2-3-4-5-19-6-8-20(9-7-19)10-11-21-12-14-24-22(16-21)13-15-25(28(24)32)23-17-26(30)29(33)27(31)18-23/h12-20H,2-11H2,1H3. The van der Waals surface area contributed by atoms with Gasteiger partial charge in [0.15, 0.2) is 17.5 Å². The number of rotatable bonds is 8. The third-order valence-corrected chi connectivity index (χ3v) is 7.34. The van der Waals surface area contributed by atoms with Gasteiger partial charge in [-0.2, -0.15) is 0 Å². The lowest BCUT2D eigenvalue weighted by Gasteiger charge is -2.28. The van der Waals surface area contributed by atoms with Crippen molar-refractivity contribution in [1.82, 2.24) is 0 Å². The van der Waals surface area contributed by atoms with Gasteiger partial charge >= 0.3 is 0 Å². The third-order valence-electron chi connectivity index (χ3n) is 7.34. The van der Waals surface area contributed by atoms with E-state index in [1.807, 2.05) is 12.1 Å². The van der Waals surface area contributed by atoms with Crippen LogP contribution in [0.1, 0.15) is 70.3 Å². The normalized spacial score (nSPS) is 18.7. The molecule has 0 atom stereocenters. The molecule has 0 unspecified atom stereocenters. The van der Waals surface area contributed by atoms with Gasteiger partial charge in [0.25, 0.3) is 0 Å². The van der Waals surface area contributed by atoms with E-state index in [1.165, 1.54) is 63.0 Å². The summed E-state index contributed by atoms with van der Waals surface area (Å²) in [5.41, 5.74) is 1.22. The Kier molecular flexibility index (Phi) is 7.72. The predicted molar refractivity (Wildman–Crippen MR) is 127 cm³/mol. The van der Waals surface area contributed by atoms with E-state index in [1.54, 1.807) is 12.1 Å². The maximum atomic E-state index is 15.1. The zero-order chi connectivity index (χ0) is 23.4. The lowest BCUT2D eigenvalue weighted by atomic mass is 9.77.